The quantitative estimate of drug-likeness (QED) is 0.902. The van der Waals surface area contributed by atoms with Crippen LogP contribution in [0.3, 0.4) is 0 Å². The molecule has 0 radical (unpaired) electrons. The monoisotopic (exact) mass is 269 g/mol. The van der Waals surface area contributed by atoms with Gasteiger partial charge < -0.3 is 10.1 Å². The van der Waals surface area contributed by atoms with E-state index in [1.165, 1.54) is 7.11 Å². The van der Waals surface area contributed by atoms with E-state index < -0.39 is 9.84 Å². The summed E-state index contributed by atoms with van der Waals surface area (Å²) in [6.45, 7) is 5.15. The zero-order valence-electron chi connectivity index (χ0n) is 11.0. The highest BCUT2D eigenvalue weighted by Gasteiger charge is 2.32. The van der Waals surface area contributed by atoms with Gasteiger partial charge >= 0.3 is 0 Å². The van der Waals surface area contributed by atoms with E-state index in [9.17, 15) is 8.42 Å². The van der Waals surface area contributed by atoms with Gasteiger partial charge in [-0.25, -0.2) is 8.42 Å². The number of aryl methyl sites for hydroxylation is 2. The molecular weight excluding hydrogens is 250 g/mol. The fourth-order valence-corrected chi connectivity index (χ4v) is 4.11. The molecule has 1 unspecified atom stereocenters. The zero-order chi connectivity index (χ0) is 13.3. The lowest BCUT2D eigenvalue weighted by Crippen LogP contribution is -2.24. The molecule has 0 aliphatic carbocycles. The second-order valence-electron chi connectivity index (χ2n) is 4.75. The molecule has 1 heterocycles. The molecule has 1 aliphatic heterocycles. The van der Waals surface area contributed by atoms with Gasteiger partial charge in [0.25, 0.3) is 0 Å². The second kappa shape index (κ2) is 4.90. The Morgan fingerprint density at radius 1 is 1.28 bits per heavy atom. The van der Waals surface area contributed by atoms with Crippen LogP contribution in [0.15, 0.2) is 17.0 Å². The number of rotatable bonds is 3. The summed E-state index contributed by atoms with van der Waals surface area (Å²) in [6.07, 6.45) is 0.665. The summed E-state index contributed by atoms with van der Waals surface area (Å²) in [5.74, 6) is 0.449. The first kappa shape index (κ1) is 13.4. The molecule has 0 bridgehead atoms. The average Bonchev–Trinajstić information content (AvgIpc) is 2.86. The van der Waals surface area contributed by atoms with E-state index in [1.807, 2.05) is 13.8 Å². The molecule has 1 aromatic rings. The molecule has 1 saturated heterocycles. The molecule has 1 N–H and O–H groups in total. The summed E-state index contributed by atoms with van der Waals surface area (Å²) in [5.41, 5.74) is 2.01. The molecule has 5 heteroatoms. The van der Waals surface area contributed by atoms with E-state index in [1.54, 1.807) is 12.1 Å². The van der Waals surface area contributed by atoms with Crippen LogP contribution in [0.2, 0.25) is 0 Å². The molecule has 1 atom stereocenters. The predicted molar refractivity (Wildman–Crippen MR) is 70.9 cm³/mol. The van der Waals surface area contributed by atoms with E-state index in [2.05, 4.69) is 5.32 Å². The SMILES string of the molecule is COc1cc(C)c(C)cc1S(=O)(=O)C1CCNC1. The molecule has 4 nitrogen and oxygen atoms in total. The van der Waals surface area contributed by atoms with Crippen molar-refractivity contribution >= 4 is 9.84 Å². The Kier molecular flexibility index (Phi) is 3.64. The van der Waals surface area contributed by atoms with Gasteiger partial charge in [-0.1, -0.05) is 0 Å². The lowest BCUT2D eigenvalue weighted by atomic mass is 10.1. The fourth-order valence-electron chi connectivity index (χ4n) is 2.22. The number of methoxy groups -OCH3 is 1. The van der Waals surface area contributed by atoms with Crippen LogP contribution in [-0.4, -0.2) is 33.9 Å². The first-order valence-corrected chi connectivity index (χ1v) is 7.61. The third kappa shape index (κ3) is 2.24. The highest BCUT2D eigenvalue weighted by Crippen LogP contribution is 2.31. The maximum atomic E-state index is 12.6. The maximum Gasteiger partial charge on any atom is 0.186 e. The van der Waals surface area contributed by atoms with Crippen molar-refractivity contribution in [1.29, 1.82) is 0 Å². The van der Waals surface area contributed by atoms with Gasteiger partial charge in [-0.15, -0.1) is 0 Å². The van der Waals surface area contributed by atoms with Crippen LogP contribution in [0, 0.1) is 13.8 Å². The normalized spacial score (nSPS) is 20.1. The number of benzene rings is 1. The number of hydrogen-bond donors (Lipinski definition) is 1. The molecule has 2 rings (SSSR count). The molecule has 18 heavy (non-hydrogen) atoms. The van der Waals surface area contributed by atoms with Crippen molar-refractivity contribution in [3.05, 3.63) is 23.3 Å². The topological polar surface area (TPSA) is 55.4 Å². The summed E-state index contributed by atoms with van der Waals surface area (Å²) in [6, 6.07) is 3.52. The van der Waals surface area contributed by atoms with E-state index in [-0.39, 0.29) is 5.25 Å². The first-order chi connectivity index (χ1) is 8.46. The number of hydrogen-bond acceptors (Lipinski definition) is 4. The van der Waals surface area contributed by atoms with E-state index in [4.69, 9.17) is 4.74 Å². The lowest BCUT2D eigenvalue weighted by Gasteiger charge is -2.15. The summed E-state index contributed by atoms with van der Waals surface area (Å²) in [4.78, 5) is 0.321. The minimum atomic E-state index is -3.31. The Morgan fingerprint density at radius 2 is 1.94 bits per heavy atom. The van der Waals surface area contributed by atoms with Crippen molar-refractivity contribution in [3.63, 3.8) is 0 Å². The van der Waals surface area contributed by atoms with E-state index in [0.29, 0.717) is 23.6 Å². The average molecular weight is 269 g/mol. The molecule has 1 aliphatic rings. The minimum absolute atomic E-state index is 0.321. The Morgan fingerprint density at radius 3 is 2.50 bits per heavy atom. The van der Waals surface area contributed by atoms with E-state index in [0.717, 1.165) is 17.7 Å². The van der Waals surface area contributed by atoms with Crippen molar-refractivity contribution in [1.82, 2.24) is 5.32 Å². The molecule has 0 saturated carbocycles. The molecule has 0 amide bonds. The van der Waals surface area contributed by atoms with Crippen molar-refractivity contribution in [2.45, 2.75) is 30.4 Å². The van der Waals surface area contributed by atoms with Crippen LogP contribution in [0.25, 0.3) is 0 Å². The Labute approximate surface area is 108 Å². The molecule has 1 fully saturated rings. The standard InChI is InChI=1S/C13H19NO3S/c1-9-6-12(17-3)13(7-10(9)2)18(15,16)11-4-5-14-8-11/h6-7,11,14H,4-5,8H2,1-3H3. The van der Waals surface area contributed by atoms with Gasteiger partial charge in [-0.3, -0.25) is 0 Å². The van der Waals surface area contributed by atoms with Crippen molar-refractivity contribution in [2.24, 2.45) is 0 Å². The van der Waals surface area contributed by atoms with Gasteiger partial charge in [0.05, 0.1) is 12.4 Å². The zero-order valence-corrected chi connectivity index (χ0v) is 11.8. The Balaban J connectivity index is 2.52. The fraction of sp³-hybridized carbons (Fsp3) is 0.538. The van der Waals surface area contributed by atoms with Crippen LogP contribution in [0.1, 0.15) is 17.5 Å². The third-order valence-electron chi connectivity index (χ3n) is 3.54. The van der Waals surface area contributed by atoms with Gasteiger partial charge in [0.2, 0.25) is 0 Å². The highest BCUT2D eigenvalue weighted by atomic mass is 32.2. The highest BCUT2D eigenvalue weighted by molar-refractivity contribution is 7.92. The molecular formula is C13H19NO3S. The summed E-state index contributed by atoms with van der Waals surface area (Å²) >= 11 is 0. The summed E-state index contributed by atoms with van der Waals surface area (Å²) in [5, 5.41) is 2.75. The molecule has 1 aromatic carbocycles. The Bertz CT molecular complexity index is 546. The van der Waals surface area contributed by atoms with Crippen LogP contribution < -0.4 is 10.1 Å². The number of nitrogens with one attached hydrogen (secondary N) is 1. The van der Waals surface area contributed by atoms with Crippen LogP contribution in [0.4, 0.5) is 0 Å². The van der Waals surface area contributed by atoms with Gasteiger partial charge in [0, 0.05) is 6.54 Å². The van der Waals surface area contributed by atoms with Gasteiger partial charge in [-0.2, -0.15) is 0 Å². The number of ether oxygens (including phenoxy) is 1. The lowest BCUT2D eigenvalue weighted by molar-refractivity contribution is 0.402. The van der Waals surface area contributed by atoms with Crippen LogP contribution >= 0.6 is 0 Å². The summed E-state index contributed by atoms with van der Waals surface area (Å²) in [7, 11) is -1.80. The van der Waals surface area contributed by atoms with Crippen molar-refractivity contribution < 1.29 is 13.2 Å². The largest absolute Gasteiger partial charge is 0.495 e. The van der Waals surface area contributed by atoms with E-state index >= 15 is 0 Å². The van der Waals surface area contributed by atoms with Crippen molar-refractivity contribution in [2.75, 3.05) is 20.2 Å². The minimum Gasteiger partial charge on any atom is -0.495 e. The first-order valence-electron chi connectivity index (χ1n) is 6.06. The van der Waals surface area contributed by atoms with Crippen molar-refractivity contribution in [3.8, 4) is 5.75 Å². The molecule has 0 spiro atoms. The smallest absolute Gasteiger partial charge is 0.186 e. The van der Waals surface area contributed by atoms with Crippen LogP contribution in [0.5, 0.6) is 5.75 Å². The third-order valence-corrected chi connectivity index (χ3v) is 5.75. The van der Waals surface area contributed by atoms with Crippen LogP contribution in [-0.2, 0) is 9.84 Å². The second-order valence-corrected chi connectivity index (χ2v) is 6.94. The maximum absolute atomic E-state index is 12.6. The van der Waals surface area contributed by atoms with Gasteiger partial charge in [0.15, 0.2) is 9.84 Å². The number of sulfone groups is 1. The summed E-state index contributed by atoms with van der Waals surface area (Å²) < 4.78 is 30.3. The Hall–Kier alpha value is -1.07. The predicted octanol–water partition coefficient (Wildman–Crippen LogP) is 1.45. The molecule has 100 valence electrons. The van der Waals surface area contributed by atoms with Gasteiger partial charge in [0.1, 0.15) is 10.6 Å². The van der Waals surface area contributed by atoms with Gasteiger partial charge in [-0.05, 0) is 50.1 Å². The molecule has 0 aromatic heterocycles.